The van der Waals surface area contributed by atoms with Crippen molar-refractivity contribution < 1.29 is 4.39 Å². The Labute approximate surface area is 70.8 Å². The maximum absolute atomic E-state index is 11.8. The van der Waals surface area contributed by atoms with E-state index in [1.54, 1.807) is 6.20 Å². The van der Waals surface area contributed by atoms with Gasteiger partial charge in [0.05, 0.1) is 5.69 Å². The minimum atomic E-state index is -0.422. The number of hydrogen-bond acceptors (Lipinski definition) is 3. The minimum Gasteiger partial charge on any atom is -0.396 e. The lowest BCUT2D eigenvalue weighted by Gasteiger charge is -2.07. The molecule has 12 heavy (non-hydrogen) atoms. The third kappa shape index (κ3) is 1.84. The smallest absolute Gasteiger partial charge is 0.149 e. The van der Waals surface area contributed by atoms with Gasteiger partial charge in [-0.1, -0.05) is 0 Å². The monoisotopic (exact) mass is 169 g/mol. The molecule has 0 aliphatic heterocycles. The van der Waals surface area contributed by atoms with Gasteiger partial charge in [-0.25, -0.2) is 9.37 Å². The van der Waals surface area contributed by atoms with E-state index in [1.165, 1.54) is 0 Å². The molecule has 66 valence electrons. The topological polar surface area (TPSA) is 50.9 Å². The predicted molar refractivity (Wildman–Crippen MR) is 47.9 cm³/mol. The third-order valence-electron chi connectivity index (χ3n) is 1.60. The maximum Gasteiger partial charge on any atom is 0.149 e. The van der Waals surface area contributed by atoms with Gasteiger partial charge in [0.15, 0.2) is 0 Å². The van der Waals surface area contributed by atoms with Crippen LogP contribution in [0.3, 0.4) is 0 Å². The van der Waals surface area contributed by atoms with Gasteiger partial charge in [-0.05, 0) is 18.6 Å². The van der Waals surface area contributed by atoms with E-state index in [0.717, 1.165) is 5.56 Å². The Morgan fingerprint density at radius 2 is 2.42 bits per heavy atom. The van der Waals surface area contributed by atoms with E-state index >= 15 is 0 Å². The fraction of sp³-hybridized carbons (Fsp3) is 0.375. The molecule has 0 saturated heterocycles. The molecule has 0 fully saturated rings. The van der Waals surface area contributed by atoms with Crippen LogP contribution in [-0.2, 0) is 0 Å². The number of nitrogens with two attached hydrogens (primary N) is 1. The summed E-state index contributed by atoms with van der Waals surface area (Å²) in [6.07, 6.45) is 1.65. The molecule has 0 atom stereocenters. The van der Waals surface area contributed by atoms with Crippen molar-refractivity contribution in [1.29, 1.82) is 0 Å². The fourth-order valence-electron chi connectivity index (χ4n) is 0.876. The lowest BCUT2D eigenvalue weighted by atomic mass is 10.2. The second-order valence-corrected chi connectivity index (χ2v) is 2.51. The summed E-state index contributed by atoms with van der Waals surface area (Å²) in [7, 11) is 0. The van der Waals surface area contributed by atoms with E-state index in [1.807, 2.05) is 13.0 Å². The first-order valence-corrected chi connectivity index (χ1v) is 3.76. The van der Waals surface area contributed by atoms with Crippen molar-refractivity contribution in [3.05, 3.63) is 17.8 Å². The number of aromatic nitrogens is 1. The molecule has 0 aliphatic carbocycles. The van der Waals surface area contributed by atoms with Crippen LogP contribution in [0.4, 0.5) is 15.9 Å². The lowest BCUT2D eigenvalue weighted by molar-refractivity contribution is 0.512. The number of nitrogens with zero attached hydrogens (tertiary/aromatic N) is 1. The van der Waals surface area contributed by atoms with Crippen LogP contribution in [0.15, 0.2) is 12.3 Å². The van der Waals surface area contributed by atoms with Gasteiger partial charge in [-0.15, -0.1) is 0 Å². The molecule has 1 heterocycles. The van der Waals surface area contributed by atoms with Crippen LogP contribution in [0, 0.1) is 6.92 Å². The minimum absolute atomic E-state index is 0.251. The largest absolute Gasteiger partial charge is 0.396 e. The zero-order valence-corrected chi connectivity index (χ0v) is 6.97. The molecule has 0 saturated carbocycles. The quantitative estimate of drug-likeness (QED) is 0.718. The van der Waals surface area contributed by atoms with Crippen LogP contribution < -0.4 is 11.1 Å². The second kappa shape index (κ2) is 3.90. The number of pyridine rings is 1. The van der Waals surface area contributed by atoms with Crippen molar-refractivity contribution in [1.82, 2.24) is 4.98 Å². The lowest BCUT2D eigenvalue weighted by Crippen LogP contribution is -2.07. The molecule has 3 nitrogen and oxygen atoms in total. The van der Waals surface area contributed by atoms with E-state index in [9.17, 15) is 4.39 Å². The van der Waals surface area contributed by atoms with Crippen LogP contribution in [0.2, 0.25) is 0 Å². The first-order chi connectivity index (χ1) is 5.75. The normalized spacial score (nSPS) is 9.83. The van der Waals surface area contributed by atoms with Crippen LogP contribution >= 0.6 is 0 Å². The van der Waals surface area contributed by atoms with Crippen molar-refractivity contribution in [2.45, 2.75) is 6.92 Å². The highest BCUT2D eigenvalue weighted by Gasteiger charge is 2.00. The van der Waals surface area contributed by atoms with Crippen LogP contribution in [0.1, 0.15) is 5.56 Å². The summed E-state index contributed by atoms with van der Waals surface area (Å²) in [5.41, 5.74) is 7.22. The SMILES string of the molecule is Cc1ccnc(NCCF)c1N. The van der Waals surface area contributed by atoms with Gasteiger partial charge in [-0.2, -0.15) is 0 Å². The Hall–Kier alpha value is -1.32. The predicted octanol–water partition coefficient (Wildman–Crippen LogP) is 1.35. The zero-order valence-electron chi connectivity index (χ0n) is 6.97. The Morgan fingerprint density at radius 1 is 1.67 bits per heavy atom. The molecule has 0 bridgehead atoms. The van der Waals surface area contributed by atoms with E-state index in [2.05, 4.69) is 10.3 Å². The van der Waals surface area contributed by atoms with Gasteiger partial charge in [0.2, 0.25) is 0 Å². The Morgan fingerprint density at radius 3 is 3.08 bits per heavy atom. The van der Waals surface area contributed by atoms with E-state index in [0.29, 0.717) is 11.5 Å². The average Bonchev–Trinajstić information content (AvgIpc) is 2.08. The maximum atomic E-state index is 11.8. The molecule has 4 heteroatoms. The summed E-state index contributed by atoms with van der Waals surface area (Å²) < 4.78 is 11.8. The van der Waals surface area contributed by atoms with Gasteiger partial charge in [0.1, 0.15) is 12.5 Å². The van der Waals surface area contributed by atoms with Gasteiger partial charge < -0.3 is 11.1 Å². The fourth-order valence-corrected chi connectivity index (χ4v) is 0.876. The Balaban J connectivity index is 2.78. The molecule has 0 unspecified atom stereocenters. The molecule has 0 spiro atoms. The van der Waals surface area contributed by atoms with Crippen molar-refractivity contribution in [3.8, 4) is 0 Å². The van der Waals surface area contributed by atoms with Crippen molar-refractivity contribution in [3.63, 3.8) is 0 Å². The summed E-state index contributed by atoms with van der Waals surface area (Å²) >= 11 is 0. The number of rotatable bonds is 3. The van der Waals surface area contributed by atoms with Crippen molar-refractivity contribution >= 4 is 11.5 Å². The number of anilines is 2. The van der Waals surface area contributed by atoms with E-state index in [4.69, 9.17) is 5.73 Å². The molecular formula is C8H12FN3. The number of hydrogen-bond donors (Lipinski definition) is 2. The molecule has 0 aliphatic rings. The Bertz CT molecular complexity index is 262. The molecule has 3 N–H and O–H groups in total. The third-order valence-corrected chi connectivity index (χ3v) is 1.60. The first kappa shape index (κ1) is 8.77. The van der Waals surface area contributed by atoms with E-state index in [-0.39, 0.29) is 6.54 Å². The van der Waals surface area contributed by atoms with Crippen LogP contribution in [0.25, 0.3) is 0 Å². The van der Waals surface area contributed by atoms with Gasteiger partial charge >= 0.3 is 0 Å². The molecule has 0 aromatic carbocycles. The van der Waals surface area contributed by atoms with E-state index < -0.39 is 6.67 Å². The van der Waals surface area contributed by atoms with Gasteiger partial charge in [-0.3, -0.25) is 0 Å². The van der Waals surface area contributed by atoms with Crippen LogP contribution in [0.5, 0.6) is 0 Å². The highest BCUT2D eigenvalue weighted by molar-refractivity contribution is 5.64. The number of alkyl halides is 1. The van der Waals surface area contributed by atoms with Crippen molar-refractivity contribution in [2.75, 3.05) is 24.3 Å². The number of nitrogens with one attached hydrogen (secondary N) is 1. The summed E-state index contributed by atoms with van der Waals surface area (Å²) in [4.78, 5) is 3.97. The van der Waals surface area contributed by atoms with Gasteiger partial charge in [0.25, 0.3) is 0 Å². The van der Waals surface area contributed by atoms with Crippen LogP contribution in [-0.4, -0.2) is 18.2 Å². The summed E-state index contributed by atoms with van der Waals surface area (Å²) in [6.45, 7) is 1.72. The molecule has 0 radical (unpaired) electrons. The standard InChI is InChI=1S/C8H12FN3/c1-6-2-4-11-8(7(6)10)12-5-3-9/h2,4H,3,5,10H2,1H3,(H,11,12). The Kier molecular flexibility index (Phi) is 2.85. The molecule has 0 amide bonds. The molecule has 1 aromatic rings. The number of halogens is 1. The average molecular weight is 169 g/mol. The zero-order chi connectivity index (χ0) is 8.97. The molecule has 1 aromatic heterocycles. The van der Waals surface area contributed by atoms with Crippen molar-refractivity contribution in [2.24, 2.45) is 0 Å². The number of nitrogen functional groups attached to an aromatic ring is 1. The molecule has 1 rings (SSSR count). The summed E-state index contributed by atoms with van der Waals surface area (Å²) in [5, 5.41) is 2.79. The summed E-state index contributed by atoms with van der Waals surface area (Å²) in [5.74, 6) is 0.563. The van der Waals surface area contributed by atoms with Gasteiger partial charge in [0, 0.05) is 12.7 Å². The first-order valence-electron chi connectivity index (χ1n) is 3.76. The highest BCUT2D eigenvalue weighted by Crippen LogP contribution is 2.17. The molecular weight excluding hydrogens is 157 g/mol. The highest BCUT2D eigenvalue weighted by atomic mass is 19.1. The number of aryl methyl sites for hydroxylation is 1. The summed E-state index contributed by atoms with van der Waals surface area (Å²) in [6, 6.07) is 1.82. The second-order valence-electron chi connectivity index (χ2n) is 2.51.